The van der Waals surface area contributed by atoms with Gasteiger partial charge >= 0.3 is 5.97 Å². The van der Waals surface area contributed by atoms with Crippen LogP contribution in [0.3, 0.4) is 0 Å². The molecule has 0 saturated carbocycles. The van der Waals surface area contributed by atoms with Gasteiger partial charge in [-0.15, -0.1) is 0 Å². The minimum Gasteiger partial charge on any atom is -0.452 e. The van der Waals surface area contributed by atoms with Crippen LogP contribution in [0.4, 0.5) is 11.4 Å². The average molecular weight is 335 g/mol. The number of para-hydroxylation sites is 1. The lowest BCUT2D eigenvalue weighted by Crippen LogP contribution is -2.20. The molecule has 0 aliphatic rings. The van der Waals surface area contributed by atoms with Crippen molar-refractivity contribution >= 4 is 34.9 Å². The Labute approximate surface area is 136 Å². The molecule has 0 aliphatic carbocycles. The predicted molar refractivity (Wildman–Crippen MR) is 83.5 cm³/mol. The lowest BCUT2D eigenvalue weighted by molar-refractivity contribution is -0.384. The number of halogens is 1. The molecule has 8 heteroatoms. The fraction of sp³-hybridized carbons (Fsp3) is 0.0667. The van der Waals surface area contributed by atoms with E-state index in [1.165, 1.54) is 12.1 Å². The second-order valence-electron chi connectivity index (χ2n) is 4.41. The molecule has 0 saturated heterocycles. The summed E-state index contributed by atoms with van der Waals surface area (Å²) in [5.74, 6) is -1.37. The zero-order valence-electron chi connectivity index (χ0n) is 11.7. The third-order valence-electron chi connectivity index (χ3n) is 2.77. The molecule has 0 bridgehead atoms. The first-order chi connectivity index (χ1) is 11.0. The zero-order chi connectivity index (χ0) is 16.8. The Morgan fingerprint density at radius 2 is 1.87 bits per heavy atom. The maximum Gasteiger partial charge on any atom is 0.338 e. The third kappa shape index (κ3) is 4.52. The smallest absolute Gasteiger partial charge is 0.338 e. The molecule has 0 unspecified atom stereocenters. The first-order valence-electron chi connectivity index (χ1n) is 6.43. The van der Waals surface area contributed by atoms with Crippen LogP contribution in [0.1, 0.15) is 10.4 Å². The summed E-state index contributed by atoms with van der Waals surface area (Å²) in [5, 5.41) is 13.2. The van der Waals surface area contributed by atoms with E-state index >= 15 is 0 Å². The number of rotatable bonds is 5. The van der Waals surface area contributed by atoms with Crippen LogP contribution in [0.5, 0.6) is 0 Å². The monoisotopic (exact) mass is 334 g/mol. The van der Waals surface area contributed by atoms with Gasteiger partial charge in [-0.25, -0.2) is 4.79 Å². The van der Waals surface area contributed by atoms with E-state index in [0.29, 0.717) is 5.69 Å². The molecule has 0 aliphatic heterocycles. The standard InChI is InChI=1S/C15H11ClN2O5/c16-12-7-6-10(8-13(12)18(21)22)15(20)23-9-14(19)17-11-4-2-1-3-5-11/h1-8H,9H2,(H,17,19). The van der Waals surface area contributed by atoms with E-state index in [4.69, 9.17) is 16.3 Å². The number of hydrogen-bond acceptors (Lipinski definition) is 5. The lowest BCUT2D eigenvalue weighted by Gasteiger charge is -2.06. The first kappa shape index (κ1) is 16.4. The van der Waals surface area contributed by atoms with Crippen molar-refractivity contribution in [3.8, 4) is 0 Å². The molecular formula is C15H11ClN2O5. The summed E-state index contributed by atoms with van der Waals surface area (Å²) in [4.78, 5) is 33.5. The number of nitrogens with zero attached hydrogens (tertiary/aromatic N) is 1. The van der Waals surface area contributed by atoms with Crippen LogP contribution in [-0.2, 0) is 9.53 Å². The van der Waals surface area contributed by atoms with Gasteiger partial charge in [-0.05, 0) is 24.3 Å². The van der Waals surface area contributed by atoms with E-state index in [0.717, 1.165) is 6.07 Å². The SMILES string of the molecule is O=C(COC(=O)c1ccc(Cl)c([N+](=O)[O-])c1)Nc1ccccc1. The second kappa shape index (κ2) is 7.37. The van der Waals surface area contributed by atoms with Gasteiger partial charge in [0, 0.05) is 11.8 Å². The van der Waals surface area contributed by atoms with E-state index < -0.39 is 29.1 Å². The molecule has 118 valence electrons. The molecule has 7 nitrogen and oxygen atoms in total. The topological polar surface area (TPSA) is 98.5 Å². The van der Waals surface area contributed by atoms with Crippen molar-refractivity contribution in [2.24, 2.45) is 0 Å². The molecular weight excluding hydrogens is 324 g/mol. The summed E-state index contributed by atoms with van der Waals surface area (Å²) in [6.07, 6.45) is 0. The van der Waals surface area contributed by atoms with Crippen LogP contribution in [0, 0.1) is 10.1 Å². The van der Waals surface area contributed by atoms with Gasteiger partial charge in [0.1, 0.15) is 5.02 Å². The maximum atomic E-state index is 11.8. The van der Waals surface area contributed by atoms with Gasteiger partial charge in [-0.1, -0.05) is 29.8 Å². The molecule has 23 heavy (non-hydrogen) atoms. The van der Waals surface area contributed by atoms with Gasteiger partial charge in [0.2, 0.25) is 0 Å². The van der Waals surface area contributed by atoms with Gasteiger partial charge in [0.05, 0.1) is 10.5 Å². The van der Waals surface area contributed by atoms with E-state index in [1.807, 2.05) is 0 Å². The van der Waals surface area contributed by atoms with Gasteiger partial charge in [0.15, 0.2) is 6.61 Å². The zero-order valence-corrected chi connectivity index (χ0v) is 12.4. The highest BCUT2D eigenvalue weighted by molar-refractivity contribution is 6.32. The number of nitro groups is 1. The minimum atomic E-state index is -0.854. The van der Waals surface area contributed by atoms with E-state index in [2.05, 4.69) is 5.32 Å². The van der Waals surface area contributed by atoms with Crippen molar-refractivity contribution in [2.75, 3.05) is 11.9 Å². The van der Waals surface area contributed by atoms with Crippen molar-refractivity contribution in [3.05, 3.63) is 69.2 Å². The number of esters is 1. The van der Waals surface area contributed by atoms with E-state index in [-0.39, 0.29) is 10.6 Å². The van der Waals surface area contributed by atoms with Gasteiger partial charge < -0.3 is 10.1 Å². The van der Waals surface area contributed by atoms with Crippen LogP contribution in [0.15, 0.2) is 48.5 Å². The summed E-state index contributed by atoms with van der Waals surface area (Å²) in [6, 6.07) is 12.2. The Morgan fingerprint density at radius 1 is 1.17 bits per heavy atom. The Kier molecular flexibility index (Phi) is 5.27. The first-order valence-corrected chi connectivity index (χ1v) is 6.81. The van der Waals surface area contributed by atoms with Crippen molar-refractivity contribution in [1.82, 2.24) is 0 Å². The molecule has 0 heterocycles. The molecule has 0 atom stereocenters. The number of carbonyl (C=O) groups excluding carboxylic acids is 2. The van der Waals surface area contributed by atoms with Crippen LogP contribution in [0.25, 0.3) is 0 Å². The van der Waals surface area contributed by atoms with Crippen LogP contribution >= 0.6 is 11.6 Å². The molecule has 0 fully saturated rings. The van der Waals surface area contributed by atoms with Gasteiger partial charge in [-0.2, -0.15) is 0 Å². The predicted octanol–water partition coefficient (Wildman–Crippen LogP) is 3.04. The van der Waals surface area contributed by atoms with E-state index in [1.54, 1.807) is 30.3 Å². The highest BCUT2D eigenvalue weighted by Gasteiger charge is 2.17. The number of carbonyl (C=O) groups is 2. The number of hydrogen-bond donors (Lipinski definition) is 1. The molecule has 1 amide bonds. The maximum absolute atomic E-state index is 11.8. The minimum absolute atomic E-state index is 0.0615. The summed E-state index contributed by atoms with van der Waals surface area (Å²) in [5.41, 5.74) is 0.0964. The van der Waals surface area contributed by atoms with Crippen molar-refractivity contribution < 1.29 is 19.2 Å². The Bertz CT molecular complexity index is 749. The highest BCUT2D eigenvalue weighted by atomic mass is 35.5. The summed E-state index contributed by atoms with van der Waals surface area (Å²) in [6.45, 7) is -0.510. The van der Waals surface area contributed by atoms with Crippen LogP contribution in [-0.4, -0.2) is 23.4 Å². The molecule has 0 spiro atoms. The quantitative estimate of drug-likeness (QED) is 0.514. The van der Waals surface area contributed by atoms with Gasteiger partial charge in [0.25, 0.3) is 11.6 Å². The molecule has 0 radical (unpaired) electrons. The second-order valence-corrected chi connectivity index (χ2v) is 4.82. The van der Waals surface area contributed by atoms with E-state index in [9.17, 15) is 19.7 Å². The van der Waals surface area contributed by atoms with Crippen LogP contribution in [0.2, 0.25) is 5.02 Å². The number of nitro benzene ring substituents is 1. The lowest BCUT2D eigenvalue weighted by atomic mass is 10.2. The Morgan fingerprint density at radius 3 is 2.52 bits per heavy atom. The summed E-state index contributed by atoms with van der Waals surface area (Å²) >= 11 is 5.66. The molecule has 2 aromatic rings. The number of nitrogens with one attached hydrogen (secondary N) is 1. The Hall–Kier alpha value is -2.93. The third-order valence-corrected chi connectivity index (χ3v) is 3.09. The fourth-order valence-electron chi connectivity index (χ4n) is 1.71. The van der Waals surface area contributed by atoms with Crippen molar-refractivity contribution in [1.29, 1.82) is 0 Å². The van der Waals surface area contributed by atoms with Gasteiger partial charge in [-0.3, -0.25) is 14.9 Å². The molecule has 1 N–H and O–H groups in total. The van der Waals surface area contributed by atoms with Crippen molar-refractivity contribution in [2.45, 2.75) is 0 Å². The average Bonchev–Trinajstić information content (AvgIpc) is 2.53. The number of anilines is 1. The summed E-state index contributed by atoms with van der Waals surface area (Å²) < 4.78 is 4.82. The number of amides is 1. The number of ether oxygens (including phenoxy) is 1. The molecule has 2 rings (SSSR count). The number of benzene rings is 2. The van der Waals surface area contributed by atoms with Crippen LogP contribution < -0.4 is 5.32 Å². The fourth-order valence-corrected chi connectivity index (χ4v) is 1.90. The normalized spacial score (nSPS) is 9.96. The molecule has 2 aromatic carbocycles. The summed E-state index contributed by atoms with van der Waals surface area (Å²) in [7, 11) is 0. The molecule has 0 aromatic heterocycles. The highest BCUT2D eigenvalue weighted by Crippen LogP contribution is 2.25. The Balaban J connectivity index is 1.96. The van der Waals surface area contributed by atoms with Crippen molar-refractivity contribution in [3.63, 3.8) is 0 Å². The largest absolute Gasteiger partial charge is 0.452 e.